The molecule has 3 amide bonds. The first kappa shape index (κ1) is 26.2. The summed E-state index contributed by atoms with van der Waals surface area (Å²) in [5.41, 5.74) is -0.357. The molecule has 9 nitrogen and oxygen atoms in total. The minimum atomic E-state index is -1.38. The topological polar surface area (TPSA) is 110 Å². The molecule has 210 valence electrons. The maximum absolute atomic E-state index is 14.5. The minimum Gasteiger partial charge on any atom is -0.496 e. The molecule has 10 heteroatoms. The van der Waals surface area contributed by atoms with Crippen LogP contribution in [-0.4, -0.2) is 54.5 Å². The molecule has 2 N–H and O–H groups in total. The van der Waals surface area contributed by atoms with Gasteiger partial charge in [-0.05, 0) is 75.3 Å². The van der Waals surface area contributed by atoms with Gasteiger partial charge in [0.1, 0.15) is 23.8 Å². The van der Waals surface area contributed by atoms with Crippen LogP contribution >= 0.6 is 0 Å². The zero-order valence-electron chi connectivity index (χ0n) is 22.6. The molecule has 2 aliphatic carbocycles. The molecule has 1 aliphatic heterocycles. The van der Waals surface area contributed by atoms with E-state index in [1.165, 1.54) is 24.1 Å². The smallest absolute Gasteiger partial charge is 0.294 e. The summed E-state index contributed by atoms with van der Waals surface area (Å²) < 4.78 is 31.9. The molecule has 0 radical (unpaired) electrons. The monoisotopic (exact) mass is 549 g/mol. The van der Waals surface area contributed by atoms with Crippen LogP contribution in [-0.2, 0) is 11.3 Å². The molecule has 3 aliphatic rings. The second kappa shape index (κ2) is 10.1. The van der Waals surface area contributed by atoms with E-state index >= 15 is 0 Å². The number of rotatable bonds is 8. The van der Waals surface area contributed by atoms with Gasteiger partial charge in [-0.3, -0.25) is 14.4 Å². The number of hydrogen-bond acceptors (Lipinski definition) is 6. The summed E-state index contributed by atoms with van der Waals surface area (Å²) in [5, 5.41) is 6.35. The highest BCUT2D eigenvalue weighted by molar-refractivity contribution is 6.06. The minimum absolute atomic E-state index is 0.000464. The van der Waals surface area contributed by atoms with Gasteiger partial charge in [-0.25, -0.2) is 4.39 Å². The lowest BCUT2D eigenvalue weighted by Crippen LogP contribution is -2.61. The Labute approximate surface area is 231 Å². The fraction of sp³-hybridized carbons (Fsp3) is 0.433. The van der Waals surface area contributed by atoms with E-state index in [2.05, 4.69) is 10.6 Å². The van der Waals surface area contributed by atoms with Gasteiger partial charge in [0.25, 0.3) is 11.8 Å². The second-order valence-electron chi connectivity index (χ2n) is 11.1. The average molecular weight is 550 g/mol. The van der Waals surface area contributed by atoms with Gasteiger partial charge in [-0.15, -0.1) is 0 Å². The number of methoxy groups -OCH3 is 1. The van der Waals surface area contributed by atoms with Crippen molar-refractivity contribution in [2.45, 2.75) is 57.2 Å². The number of hydrogen-bond donors (Lipinski definition) is 2. The van der Waals surface area contributed by atoms with Crippen molar-refractivity contribution < 1.29 is 32.7 Å². The number of fused-ring (bicyclic) bond motifs is 3. The third-order valence-electron chi connectivity index (χ3n) is 8.23. The Balaban J connectivity index is 1.28. The second-order valence-corrected chi connectivity index (χ2v) is 11.1. The summed E-state index contributed by atoms with van der Waals surface area (Å²) in [6.07, 6.45) is 4.98. The number of amides is 3. The normalized spacial score (nSPS) is 20.8. The lowest BCUT2D eigenvalue weighted by molar-refractivity contribution is -0.133. The van der Waals surface area contributed by atoms with E-state index in [0.717, 1.165) is 32.1 Å². The Kier molecular flexibility index (Phi) is 6.64. The molecule has 2 fully saturated rings. The van der Waals surface area contributed by atoms with Crippen LogP contribution in [0.2, 0.25) is 0 Å². The Morgan fingerprint density at radius 1 is 1.18 bits per heavy atom. The largest absolute Gasteiger partial charge is 0.496 e. The van der Waals surface area contributed by atoms with Gasteiger partial charge in [-0.1, -0.05) is 6.07 Å². The first-order valence-corrected chi connectivity index (χ1v) is 13.7. The van der Waals surface area contributed by atoms with Crippen molar-refractivity contribution in [1.82, 2.24) is 15.5 Å². The van der Waals surface area contributed by atoms with Crippen molar-refractivity contribution in [2.24, 2.45) is 5.92 Å². The van der Waals surface area contributed by atoms with Crippen LogP contribution in [0.5, 0.6) is 11.5 Å². The number of carbonyl (C=O) groups excluding carboxylic acids is 3. The molecule has 2 heterocycles. The number of furan rings is 1. The number of carbonyl (C=O) groups is 3. The van der Waals surface area contributed by atoms with Gasteiger partial charge in [0, 0.05) is 30.3 Å². The standard InChI is InChI=1S/C30H32FN3O6/c1-30(29(37)32-14-21-22(31)7-4-8-23(21)38-2)16-39-25-20-12-11-18(27(35)33-19-5-3-6-19)13-24(20)40-26(25)28(36)34(30)15-17-9-10-17/h4,7-8,11-13,17,19H,3,5-6,9-10,14-16H2,1-2H3,(H,32,37)(H,33,35). The van der Waals surface area contributed by atoms with Gasteiger partial charge >= 0.3 is 0 Å². The maximum atomic E-state index is 14.5. The van der Waals surface area contributed by atoms with E-state index in [9.17, 15) is 18.8 Å². The molecular weight excluding hydrogens is 517 g/mol. The molecule has 1 unspecified atom stereocenters. The van der Waals surface area contributed by atoms with Crippen molar-refractivity contribution in [3.8, 4) is 11.5 Å². The van der Waals surface area contributed by atoms with Gasteiger partial charge in [0.15, 0.2) is 11.3 Å². The molecule has 0 bridgehead atoms. The molecule has 0 spiro atoms. The molecule has 40 heavy (non-hydrogen) atoms. The number of nitrogens with zero attached hydrogens (tertiary/aromatic N) is 1. The summed E-state index contributed by atoms with van der Waals surface area (Å²) in [5.74, 6) is -0.780. The molecule has 6 rings (SSSR count). The quantitative estimate of drug-likeness (QED) is 0.436. The Bertz CT molecular complexity index is 1490. The van der Waals surface area contributed by atoms with Crippen molar-refractivity contribution in [2.75, 3.05) is 20.3 Å². The third-order valence-corrected chi connectivity index (χ3v) is 8.23. The fourth-order valence-corrected chi connectivity index (χ4v) is 5.25. The van der Waals surface area contributed by atoms with Crippen LogP contribution in [0.4, 0.5) is 4.39 Å². The van der Waals surface area contributed by atoms with Gasteiger partial charge in [-0.2, -0.15) is 0 Å². The van der Waals surface area contributed by atoms with E-state index in [1.807, 2.05) is 0 Å². The lowest BCUT2D eigenvalue weighted by atomic mass is 9.93. The van der Waals surface area contributed by atoms with Crippen LogP contribution in [0.3, 0.4) is 0 Å². The Hall–Kier alpha value is -4.08. The molecule has 0 saturated heterocycles. The number of nitrogens with one attached hydrogen (secondary N) is 2. The zero-order chi connectivity index (χ0) is 28.0. The number of ether oxygens (including phenoxy) is 2. The van der Waals surface area contributed by atoms with E-state index < -0.39 is 23.2 Å². The van der Waals surface area contributed by atoms with Crippen molar-refractivity contribution in [1.29, 1.82) is 0 Å². The predicted molar refractivity (Wildman–Crippen MR) is 144 cm³/mol. The van der Waals surface area contributed by atoms with E-state index in [0.29, 0.717) is 28.8 Å². The summed E-state index contributed by atoms with van der Waals surface area (Å²) in [7, 11) is 1.44. The van der Waals surface area contributed by atoms with Crippen LogP contribution in [0.15, 0.2) is 40.8 Å². The van der Waals surface area contributed by atoms with Gasteiger partial charge < -0.3 is 29.4 Å². The van der Waals surface area contributed by atoms with E-state index in [4.69, 9.17) is 13.9 Å². The summed E-state index contributed by atoms with van der Waals surface area (Å²) in [6, 6.07) is 9.66. The maximum Gasteiger partial charge on any atom is 0.294 e. The molecule has 3 aromatic rings. The average Bonchev–Trinajstić information content (AvgIpc) is 3.69. The summed E-state index contributed by atoms with van der Waals surface area (Å²) >= 11 is 0. The van der Waals surface area contributed by atoms with Gasteiger partial charge in [0.05, 0.1) is 12.5 Å². The highest BCUT2D eigenvalue weighted by atomic mass is 19.1. The van der Waals surface area contributed by atoms with Gasteiger partial charge in [0.2, 0.25) is 11.7 Å². The molecule has 2 aromatic carbocycles. The fourth-order valence-electron chi connectivity index (χ4n) is 5.25. The highest BCUT2D eigenvalue weighted by Crippen LogP contribution is 2.41. The molecule has 1 atom stereocenters. The first-order valence-electron chi connectivity index (χ1n) is 13.7. The lowest BCUT2D eigenvalue weighted by Gasteiger charge is -2.37. The summed E-state index contributed by atoms with van der Waals surface area (Å²) in [6.45, 7) is 1.77. The van der Waals surface area contributed by atoms with Crippen molar-refractivity contribution in [3.05, 3.63) is 59.1 Å². The zero-order valence-corrected chi connectivity index (χ0v) is 22.6. The van der Waals surface area contributed by atoms with Crippen LogP contribution in [0.1, 0.15) is 65.5 Å². The molecular formula is C30H32FN3O6. The van der Waals surface area contributed by atoms with Crippen molar-refractivity contribution >= 4 is 28.7 Å². The Morgan fingerprint density at radius 3 is 2.67 bits per heavy atom. The summed E-state index contributed by atoms with van der Waals surface area (Å²) in [4.78, 5) is 41.8. The van der Waals surface area contributed by atoms with Crippen LogP contribution < -0.4 is 20.1 Å². The van der Waals surface area contributed by atoms with Crippen LogP contribution in [0, 0.1) is 11.7 Å². The Morgan fingerprint density at radius 2 is 1.98 bits per heavy atom. The molecule has 2 saturated carbocycles. The number of halogens is 1. The SMILES string of the molecule is COc1cccc(F)c1CNC(=O)C1(C)COc2c(oc3cc(C(=O)NC4CCC4)ccc23)C(=O)N1CC1CC1. The first-order chi connectivity index (χ1) is 19.3. The number of benzene rings is 2. The predicted octanol–water partition coefficient (Wildman–Crippen LogP) is 4.18. The van der Waals surface area contributed by atoms with E-state index in [-0.39, 0.29) is 48.1 Å². The third kappa shape index (κ3) is 4.65. The van der Waals surface area contributed by atoms with Crippen molar-refractivity contribution in [3.63, 3.8) is 0 Å². The van der Waals surface area contributed by atoms with Crippen LogP contribution in [0.25, 0.3) is 11.0 Å². The molecule has 1 aromatic heterocycles. The van der Waals surface area contributed by atoms with E-state index in [1.54, 1.807) is 31.2 Å². The highest BCUT2D eigenvalue weighted by Gasteiger charge is 2.49.